The van der Waals surface area contributed by atoms with E-state index in [0.717, 1.165) is 11.1 Å². The van der Waals surface area contributed by atoms with Gasteiger partial charge in [-0.1, -0.05) is 41.6 Å². The van der Waals surface area contributed by atoms with E-state index in [1.807, 2.05) is 30.3 Å². The van der Waals surface area contributed by atoms with Crippen LogP contribution < -0.4 is 10.6 Å². The number of aromatic nitrogens is 4. The van der Waals surface area contributed by atoms with Gasteiger partial charge in [-0.3, -0.25) is 0 Å². The number of benzene rings is 1. The summed E-state index contributed by atoms with van der Waals surface area (Å²) in [7, 11) is 1.61. The smallest absolute Gasteiger partial charge is 0.210 e. The minimum absolute atomic E-state index is 0.471. The van der Waals surface area contributed by atoms with Crippen LogP contribution in [0.2, 0.25) is 5.15 Å². The van der Waals surface area contributed by atoms with Crippen molar-refractivity contribution < 1.29 is 4.74 Å². The first-order chi connectivity index (χ1) is 11.2. The van der Waals surface area contributed by atoms with Gasteiger partial charge in [0.2, 0.25) is 5.16 Å². The maximum absolute atomic E-state index is 6.13. The van der Waals surface area contributed by atoms with E-state index in [-0.39, 0.29) is 0 Å². The summed E-state index contributed by atoms with van der Waals surface area (Å²) in [5.41, 5.74) is 1.83. The van der Waals surface area contributed by atoms with Gasteiger partial charge in [0, 0.05) is 11.9 Å². The number of hydrogen-bond donors (Lipinski definition) is 1. The van der Waals surface area contributed by atoms with E-state index in [2.05, 4.69) is 15.2 Å². The molecule has 23 heavy (non-hydrogen) atoms. The lowest BCUT2D eigenvalue weighted by Gasteiger charge is -2.07. The van der Waals surface area contributed by atoms with Crippen molar-refractivity contribution in [3.8, 4) is 17.1 Å². The minimum atomic E-state index is 0.471. The van der Waals surface area contributed by atoms with Crippen LogP contribution in [-0.4, -0.2) is 27.0 Å². The van der Waals surface area contributed by atoms with Gasteiger partial charge >= 0.3 is 0 Å². The summed E-state index contributed by atoms with van der Waals surface area (Å²) < 4.78 is 6.80. The summed E-state index contributed by atoms with van der Waals surface area (Å²) in [6.07, 6.45) is 1.73. The number of nitrogen functional groups attached to an aromatic ring is 1. The van der Waals surface area contributed by atoms with E-state index in [1.54, 1.807) is 19.4 Å². The van der Waals surface area contributed by atoms with E-state index in [9.17, 15) is 0 Å². The summed E-state index contributed by atoms with van der Waals surface area (Å²) in [6.45, 7) is 0. The van der Waals surface area contributed by atoms with Crippen LogP contribution in [0.15, 0.2) is 47.8 Å². The maximum atomic E-state index is 6.13. The third kappa shape index (κ3) is 3.40. The second-order valence-corrected chi connectivity index (χ2v) is 5.98. The Balaban J connectivity index is 1.80. The Morgan fingerprint density at radius 2 is 2.04 bits per heavy atom. The standard InChI is InChI=1S/C15H14ClN5OS/c1-22-12-5-3-2-4-11(12)14-19-20-15(21(14)17)23-9-10-6-7-13(16)18-8-10/h2-8H,9,17H2,1H3. The summed E-state index contributed by atoms with van der Waals surface area (Å²) in [5, 5.41) is 9.40. The number of hydrogen-bond acceptors (Lipinski definition) is 6. The quantitative estimate of drug-likeness (QED) is 0.434. The molecule has 2 heterocycles. The lowest BCUT2D eigenvalue weighted by atomic mass is 10.2. The highest BCUT2D eigenvalue weighted by molar-refractivity contribution is 7.98. The van der Waals surface area contributed by atoms with Gasteiger partial charge in [-0.05, 0) is 23.8 Å². The molecule has 2 aromatic heterocycles. The SMILES string of the molecule is COc1ccccc1-c1nnc(SCc2ccc(Cl)nc2)n1N. The Morgan fingerprint density at radius 3 is 2.78 bits per heavy atom. The predicted molar refractivity (Wildman–Crippen MR) is 91.0 cm³/mol. The van der Waals surface area contributed by atoms with E-state index in [4.69, 9.17) is 22.2 Å². The summed E-state index contributed by atoms with van der Waals surface area (Å²) in [4.78, 5) is 4.05. The van der Waals surface area contributed by atoms with Crippen molar-refractivity contribution in [2.75, 3.05) is 13.0 Å². The van der Waals surface area contributed by atoms with Gasteiger partial charge in [-0.25, -0.2) is 9.66 Å². The molecule has 8 heteroatoms. The zero-order chi connectivity index (χ0) is 16.2. The molecule has 3 aromatic rings. The van der Waals surface area contributed by atoms with Gasteiger partial charge in [0.15, 0.2) is 5.82 Å². The van der Waals surface area contributed by atoms with Crippen molar-refractivity contribution in [2.24, 2.45) is 0 Å². The van der Waals surface area contributed by atoms with Crippen molar-refractivity contribution in [3.05, 3.63) is 53.3 Å². The van der Waals surface area contributed by atoms with E-state index < -0.39 is 0 Å². The number of methoxy groups -OCH3 is 1. The van der Waals surface area contributed by atoms with Crippen LogP contribution in [0.25, 0.3) is 11.4 Å². The maximum Gasteiger partial charge on any atom is 0.210 e. The number of thioether (sulfide) groups is 1. The Morgan fingerprint density at radius 1 is 1.22 bits per heavy atom. The fraction of sp³-hybridized carbons (Fsp3) is 0.133. The number of para-hydroxylation sites is 1. The molecule has 118 valence electrons. The van der Waals surface area contributed by atoms with Gasteiger partial charge in [0.1, 0.15) is 10.9 Å². The molecule has 0 radical (unpaired) electrons. The second-order valence-electron chi connectivity index (χ2n) is 4.65. The number of ether oxygens (including phenoxy) is 1. The van der Waals surface area contributed by atoms with Crippen molar-refractivity contribution in [3.63, 3.8) is 0 Å². The molecule has 0 saturated heterocycles. The molecule has 0 aliphatic heterocycles. The van der Waals surface area contributed by atoms with E-state index >= 15 is 0 Å². The first-order valence-corrected chi connectivity index (χ1v) is 8.12. The van der Waals surface area contributed by atoms with Crippen LogP contribution in [0, 0.1) is 0 Å². The largest absolute Gasteiger partial charge is 0.496 e. The van der Waals surface area contributed by atoms with Gasteiger partial charge in [-0.15, -0.1) is 10.2 Å². The first kappa shape index (κ1) is 15.6. The molecule has 0 amide bonds. The molecule has 1 aromatic carbocycles. The molecule has 2 N–H and O–H groups in total. The number of rotatable bonds is 5. The average Bonchev–Trinajstić information content (AvgIpc) is 2.95. The zero-order valence-corrected chi connectivity index (χ0v) is 13.9. The number of nitrogens with zero attached hydrogens (tertiary/aromatic N) is 4. The molecule has 0 saturated carbocycles. The normalized spacial score (nSPS) is 10.7. The zero-order valence-electron chi connectivity index (χ0n) is 12.3. The monoisotopic (exact) mass is 347 g/mol. The van der Waals surface area contributed by atoms with Gasteiger partial charge in [0.05, 0.1) is 12.7 Å². The molecular formula is C15H14ClN5OS. The van der Waals surface area contributed by atoms with Crippen molar-refractivity contribution in [1.82, 2.24) is 19.9 Å². The van der Waals surface area contributed by atoms with Gasteiger partial charge < -0.3 is 10.6 Å². The van der Waals surface area contributed by atoms with Crippen LogP contribution in [-0.2, 0) is 5.75 Å². The minimum Gasteiger partial charge on any atom is -0.496 e. The molecule has 0 aliphatic carbocycles. The topological polar surface area (TPSA) is 78.9 Å². The lowest BCUT2D eigenvalue weighted by Crippen LogP contribution is -2.12. The van der Waals surface area contributed by atoms with Crippen LogP contribution >= 0.6 is 23.4 Å². The van der Waals surface area contributed by atoms with Crippen molar-refractivity contribution >= 4 is 23.4 Å². The molecule has 3 rings (SSSR count). The third-order valence-electron chi connectivity index (χ3n) is 3.17. The highest BCUT2D eigenvalue weighted by Crippen LogP contribution is 2.30. The van der Waals surface area contributed by atoms with Crippen LogP contribution in [0.5, 0.6) is 5.75 Å². The highest BCUT2D eigenvalue weighted by atomic mass is 35.5. The van der Waals surface area contributed by atoms with Crippen LogP contribution in [0.3, 0.4) is 0 Å². The molecule has 0 unspecified atom stereocenters. The van der Waals surface area contributed by atoms with Crippen LogP contribution in [0.4, 0.5) is 0 Å². The van der Waals surface area contributed by atoms with Crippen molar-refractivity contribution in [1.29, 1.82) is 0 Å². The molecule has 0 aliphatic rings. The average molecular weight is 348 g/mol. The molecule has 0 spiro atoms. The molecule has 6 nitrogen and oxygen atoms in total. The Labute approximate surface area is 142 Å². The summed E-state index contributed by atoms with van der Waals surface area (Å²) in [6, 6.07) is 11.2. The second kappa shape index (κ2) is 6.89. The predicted octanol–water partition coefficient (Wildman–Crippen LogP) is 3.01. The number of nitrogens with two attached hydrogens (primary N) is 1. The van der Waals surface area contributed by atoms with Gasteiger partial charge in [0.25, 0.3) is 0 Å². The molecule has 0 bridgehead atoms. The molecular weight excluding hydrogens is 334 g/mol. The van der Waals surface area contributed by atoms with E-state index in [0.29, 0.717) is 27.6 Å². The molecule has 0 fully saturated rings. The Bertz CT molecular complexity index is 806. The Hall–Kier alpha value is -2.25. The van der Waals surface area contributed by atoms with Crippen molar-refractivity contribution in [2.45, 2.75) is 10.9 Å². The third-order valence-corrected chi connectivity index (χ3v) is 4.41. The van der Waals surface area contributed by atoms with E-state index in [1.165, 1.54) is 16.4 Å². The van der Waals surface area contributed by atoms with Crippen LogP contribution in [0.1, 0.15) is 5.56 Å². The number of pyridine rings is 1. The number of halogens is 1. The first-order valence-electron chi connectivity index (χ1n) is 6.76. The fourth-order valence-corrected chi connectivity index (χ4v) is 2.93. The molecule has 0 atom stereocenters. The Kier molecular flexibility index (Phi) is 4.68. The fourth-order valence-electron chi connectivity index (χ4n) is 2.03. The lowest BCUT2D eigenvalue weighted by molar-refractivity contribution is 0.416. The highest BCUT2D eigenvalue weighted by Gasteiger charge is 2.15. The van der Waals surface area contributed by atoms with Gasteiger partial charge in [-0.2, -0.15) is 0 Å². The summed E-state index contributed by atoms with van der Waals surface area (Å²) in [5.74, 6) is 8.05. The summed E-state index contributed by atoms with van der Waals surface area (Å²) >= 11 is 7.25.